The molecule has 0 radical (unpaired) electrons. The van der Waals surface area contributed by atoms with E-state index in [1.165, 1.54) is 6.08 Å². The number of allylic oxidation sites excluding steroid dienone is 3. The number of amides is 1. The molecule has 1 atom stereocenters. The van der Waals surface area contributed by atoms with Crippen LogP contribution in [0.3, 0.4) is 0 Å². The summed E-state index contributed by atoms with van der Waals surface area (Å²) in [7, 11) is 0. The predicted molar refractivity (Wildman–Crippen MR) is 57.9 cm³/mol. The molecule has 3 nitrogen and oxygen atoms in total. The zero-order chi connectivity index (χ0) is 11.0. The van der Waals surface area contributed by atoms with Gasteiger partial charge in [-0.25, -0.2) is 0 Å². The minimum atomic E-state index is -0.517. The van der Waals surface area contributed by atoms with Gasteiger partial charge >= 0.3 is 0 Å². The normalized spacial score (nSPS) is 16.0. The largest absolute Gasteiger partial charge is 0.394 e. The third-order valence-electron chi connectivity index (χ3n) is 2.11. The van der Waals surface area contributed by atoms with Crippen LogP contribution < -0.4 is 5.32 Å². The van der Waals surface area contributed by atoms with E-state index in [9.17, 15) is 4.79 Å². The maximum absolute atomic E-state index is 11.3. The summed E-state index contributed by atoms with van der Waals surface area (Å²) >= 11 is 0. The highest BCUT2D eigenvalue weighted by Crippen LogP contribution is 2.07. The minimum absolute atomic E-state index is 0.0489. The van der Waals surface area contributed by atoms with Crippen LogP contribution in [0.1, 0.15) is 27.2 Å². The monoisotopic (exact) mass is 197 g/mol. The van der Waals surface area contributed by atoms with Gasteiger partial charge < -0.3 is 10.4 Å². The molecule has 1 amide bonds. The Morgan fingerprint density at radius 2 is 2.14 bits per heavy atom. The van der Waals surface area contributed by atoms with Gasteiger partial charge in [0.1, 0.15) is 0 Å². The quantitative estimate of drug-likeness (QED) is 0.517. The topological polar surface area (TPSA) is 49.3 Å². The fourth-order valence-electron chi connectivity index (χ4n) is 0.833. The summed E-state index contributed by atoms with van der Waals surface area (Å²) in [6, 6.07) is 0. The van der Waals surface area contributed by atoms with Gasteiger partial charge in [-0.1, -0.05) is 25.2 Å². The summed E-state index contributed by atoms with van der Waals surface area (Å²) in [5, 5.41) is 11.8. The maximum atomic E-state index is 11.3. The van der Waals surface area contributed by atoms with E-state index in [4.69, 9.17) is 5.11 Å². The first-order valence-corrected chi connectivity index (χ1v) is 4.80. The van der Waals surface area contributed by atoms with E-state index in [1.54, 1.807) is 12.2 Å². The van der Waals surface area contributed by atoms with Crippen molar-refractivity contribution in [2.24, 2.45) is 0 Å². The molecule has 0 spiro atoms. The smallest absolute Gasteiger partial charge is 0.244 e. The molecule has 0 aliphatic heterocycles. The van der Waals surface area contributed by atoms with Crippen molar-refractivity contribution in [2.45, 2.75) is 32.7 Å². The van der Waals surface area contributed by atoms with Crippen molar-refractivity contribution in [3.63, 3.8) is 0 Å². The molecular weight excluding hydrogens is 178 g/mol. The predicted octanol–water partition coefficient (Wildman–Crippen LogP) is 1.40. The molecule has 2 N–H and O–H groups in total. The van der Waals surface area contributed by atoms with Gasteiger partial charge in [0.25, 0.3) is 0 Å². The SMILES string of the molecule is CC=CC=CC(=O)NC(C)(CC)CO. The van der Waals surface area contributed by atoms with Crippen LogP contribution >= 0.6 is 0 Å². The molecule has 1 unspecified atom stereocenters. The Bertz CT molecular complexity index is 227. The molecule has 0 saturated heterocycles. The van der Waals surface area contributed by atoms with Crippen molar-refractivity contribution in [3.8, 4) is 0 Å². The average molecular weight is 197 g/mol. The first-order valence-electron chi connectivity index (χ1n) is 4.80. The van der Waals surface area contributed by atoms with E-state index in [0.717, 1.165) is 0 Å². The summed E-state index contributed by atoms with van der Waals surface area (Å²) in [6.45, 7) is 5.57. The summed E-state index contributed by atoms with van der Waals surface area (Å²) in [6.07, 6.45) is 7.44. The first kappa shape index (κ1) is 12.9. The van der Waals surface area contributed by atoms with Gasteiger partial charge in [-0.05, 0) is 20.3 Å². The highest BCUT2D eigenvalue weighted by atomic mass is 16.3. The summed E-state index contributed by atoms with van der Waals surface area (Å²) in [5.74, 6) is -0.179. The van der Waals surface area contributed by atoms with E-state index in [1.807, 2.05) is 26.8 Å². The van der Waals surface area contributed by atoms with Crippen LogP contribution in [-0.4, -0.2) is 23.2 Å². The van der Waals surface area contributed by atoms with Crippen LogP contribution in [0, 0.1) is 0 Å². The molecule has 0 aromatic heterocycles. The molecule has 0 aromatic carbocycles. The highest BCUT2D eigenvalue weighted by molar-refractivity contribution is 5.88. The van der Waals surface area contributed by atoms with Gasteiger partial charge in [0.15, 0.2) is 0 Å². The van der Waals surface area contributed by atoms with E-state index in [2.05, 4.69) is 5.32 Å². The molecule has 80 valence electrons. The molecule has 0 fully saturated rings. The van der Waals surface area contributed by atoms with Gasteiger partial charge in [-0.15, -0.1) is 0 Å². The number of carbonyl (C=O) groups is 1. The number of hydrogen-bond donors (Lipinski definition) is 2. The third-order valence-corrected chi connectivity index (χ3v) is 2.11. The number of nitrogens with one attached hydrogen (secondary N) is 1. The van der Waals surface area contributed by atoms with Crippen molar-refractivity contribution in [3.05, 3.63) is 24.3 Å². The second-order valence-electron chi connectivity index (χ2n) is 3.45. The fraction of sp³-hybridized carbons (Fsp3) is 0.545. The summed E-state index contributed by atoms with van der Waals surface area (Å²) in [5.41, 5.74) is -0.517. The number of aliphatic hydroxyl groups is 1. The molecule has 0 aliphatic carbocycles. The molecule has 14 heavy (non-hydrogen) atoms. The number of rotatable bonds is 5. The molecule has 0 bridgehead atoms. The Morgan fingerprint density at radius 3 is 2.57 bits per heavy atom. The van der Waals surface area contributed by atoms with Crippen LogP contribution in [-0.2, 0) is 4.79 Å². The van der Waals surface area contributed by atoms with E-state index in [-0.39, 0.29) is 12.5 Å². The van der Waals surface area contributed by atoms with Gasteiger partial charge in [0, 0.05) is 6.08 Å². The molecule has 0 heterocycles. The van der Waals surface area contributed by atoms with Crippen LogP contribution in [0.15, 0.2) is 24.3 Å². The third kappa shape index (κ3) is 4.82. The van der Waals surface area contributed by atoms with Gasteiger partial charge in [0.05, 0.1) is 12.1 Å². The van der Waals surface area contributed by atoms with Crippen LogP contribution in [0.25, 0.3) is 0 Å². The Labute approximate surface area is 85.5 Å². The maximum Gasteiger partial charge on any atom is 0.244 e. The van der Waals surface area contributed by atoms with Crippen molar-refractivity contribution < 1.29 is 9.90 Å². The number of aliphatic hydroxyl groups excluding tert-OH is 1. The molecular formula is C11H19NO2. The standard InChI is InChI=1S/C11H19NO2/c1-4-6-7-8-10(14)12-11(3,5-2)9-13/h4,6-8,13H,5,9H2,1-3H3,(H,12,14). The highest BCUT2D eigenvalue weighted by Gasteiger charge is 2.21. The zero-order valence-corrected chi connectivity index (χ0v) is 9.08. The molecule has 0 aliphatic rings. The molecule has 0 aromatic rings. The molecule has 0 saturated carbocycles. The Hall–Kier alpha value is -1.09. The first-order chi connectivity index (χ1) is 6.58. The summed E-state index contributed by atoms with van der Waals surface area (Å²) < 4.78 is 0. The lowest BCUT2D eigenvalue weighted by molar-refractivity contribution is -0.118. The lowest BCUT2D eigenvalue weighted by atomic mass is 10.0. The van der Waals surface area contributed by atoms with E-state index >= 15 is 0 Å². The Kier molecular flexibility index (Phi) is 5.88. The van der Waals surface area contributed by atoms with Crippen LogP contribution in [0.5, 0.6) is 0 Å². The molecule has 0 rings (SSSR count). The average Bonchev–Trinajstić information content (AvgIpc) is 2.18. The van der Waals surface area contributed by atoms with Crippen molar-refractivity contribution in [2.75, 3.05) is 6.61 Å². The van der Waals surface area contributed by atoms with Crippen LogP contribution in [0.4, 0.5) is 0 Å². The minimum Gasteiger partial charge on any atom is -0.394 e. The fourth-order valence-corrected chi connectivity index (χ4v) is 0.833. The number of carbonyl (C=O) groups excluding carboxylic acids is 1. The number of hydrogen-bond acceptors (Lipinski definition) is 2. The summed E-state index contributed by atoms with van der Waals surface area (Å²) in [4.78, 5) is 11.3. The lowest BCUT2D eigenvalue weighted by Crippen LogP contribution is -2.47. The van der Waals surface area contributed by atoms with Crippen LogP contribution in [0.2, 0.25) is 0 Å². The van der Waals surface area contributed by atoms with Crippen molar-refractivity contribution >= 4 is 5.91 Å². The molecule has 3 heteroatoms. The van der Waals surface area contributed by atoms with Gasteiger partial charge in [-0.3, -0.25) is 4.79 Å². The van der Waals surface area contributed by atoms with Crippen molar-refractivity contribution in [1.82, 2.24) is 5.32 Å². The second-order valence-corrected chi connectivity index (χ2v) is 3.45. The Balaban J connectivity index is 4.17. The van der Waals surface area contributed by atoms with Gasteiger partial charge in [0.2, 0.25) is 5.91 Å². The van der Waals surface area contributed by atoms with E-state index < -0.39 is 5.54 Å². The Morgan fingerprint density at radius 1 is 1.50 bits per heavy atom. The van der Waals surface area contributed by atoms with Gasteiger partial charge in [-0.2, -0.15) is 0 Å². The second kappa shape index (κ2) is 6.38. The van der Waals surface area contributed by atoms with E-state index in [0.29, 0.717) is 6.42 Å². The van der Waals surface area contributed by atoms with Crippen molar-refractivity contribution in [1.29, 1.82) is 0 Å². The zero-order valence-electron chi connectivity index (χ0n) is 9.08. The lowest BCUT2D eigenvalue weighted by Gasteiger charge is -2.26.